The topological polar surface area (TPSA) is 6.25 Å². The zero-order valence-electron chi connectivity index (χ0n) is 10.6. The molecular formula is C12H26N2. The largest absolute Gasteiger partial charge is 0.287 e. The van der Waals surface area contributed by atoms with Gasteiger partial charge < -0.3 is 0 Å². The van der Waals surface area contributed by atoms with Crippen LogP contribution >= 0.6 is 0 Å². The molecule has 84 valence electrons. The van der Waals surface area contributed by atoms with Crippen LogP contribution in [0.5, 0.6) is 0 Å². The van der Waals surface area contributed by atoms with E-state index in [1.165, 1.54) is 12.8 Å². The van der Waals surface area contributed by atoms with Crippen molar-refractivity contribution in [1.29, 1.82) is 0 Å². The first-order chi connectivity index (χ1) is 6.50. The monoisotopic (exact) mass is 198 g/mol. The third-order valence-corrected chi connectivity index (χ3v) is 3.56. The van der Waals surface area contributed by atoms with Crippen LogP contribution in [0.4, 0.5) is 0 Å². The number of nitrogens with zero attached hydrogens (tertiary/aromatic N) is 2. The lowest BCUT2D eigenvalue weighted by molar-refractivity contribution is 0.196. The molecule has 2 heteroatoms. The van der Waals surface area contributed by atoms with Crippen LogP contribution in [0.1, 0.15) is 47.5 Å². The van der Waals surface area contributed by atoms with E-state index in [-0.39, 0.29) is 0 Å². The number of hydrogen-bond acceptors (Lipinski definition) is 2. The highest BCUT2D eigenvalue weighted by atomic mass is 15.5. The maximum atomic E-state index is 2.63. The molecule has 14 heavy (non-hydrogen) atoms. The Labute approximate surface area is 89.3 Å². The van der Waals surface area contributed by atoms with E-state index in [1.54, 1.807) is 0 Å². The lowest BCUT2D eigenvalue weighted by atomic mass is 10.2. The maximum Gasteiger partial charge on any atom is 0.0786 e. The second kappa shape index (κ2) is 4.63. The summed E-state index contributed by atoms with van der Waals surface area (Å²) in [6.45, 7) is 11.5. The van der Waals surface area contributed by atoms with Crippen molar-refractivity contribution < 1.29 is 0 Å². The SMILES string of the molecule is CCCC(C)N1C(C)C1N(C)C(C)C. The van der Waals surface area contributed by atoms with Gasteiger partial charge in [-0.15, -0.1) is 0 Å². The molecule has 0 amide bonds. The van der Waals surface area contributed by atoms with Gasteiger partial charge >= 0.3 is 0 Å². The van der Waals surface area contributed by atoms with Gasteiger partial charge in [-0.3, -0.25) is 9.80 Å². The lowest BCUT2D eigenvalue weighted by Crippen LogP contribution is -2.33. The van der Waals surface area contributed by atoms with E-state index in [2.05, 4.69) is 51.5 Å². The molecule has 1 heterocycles. The van der Waals surface area contributed by atoms with Gasteiger partial charge in [0.05, 0.1) is 6.17 Å². The number of likely N-dealkylation sites (N-methyl/N-ethyl adjacent to an activating group) is 1. The van der Waals surface area contributed by atoms with Crippen molar-refractivity contribution in [2.75, 3.05) is 7.05 Å². The summed E-state index contributed by atoms with van der Waals surface area (Å²) >= 11 is 0. The fraction of sp³-hybridized carbons (Fsp3) is 1.00. The van der Waals surface area contributed by atoms with Crippen molar-refractivity contribution >= 4 is 0 Å². The first-order valence-electron chi connectivity index (χ1n) is 6.00. The second-order valence-electron chi connectivity index (χ2n) is 5.00. The van der Waals surface area contributed by atoms with E-state index in [1.807, 2.05) is 0 Å². The average molecular weight is 198 g/mol. The molecule has 0 bridgehead atoms. The summed E-state index contributed by atoms with van der Waals surface area (Å²) in [4.78, 5) is 5.11. The predicted octanol–water partition coefficient (Wildman–Crippen LogP) is 2.55. The first kappa shape index (κ1) is 12.0. The summed E-state index contributed by atoms with van der Waals surface area (Å²) in [6, 6.07) is 2.16. The molecule has 0 saturated carbocycles. The smallest absolute Gasteiger partial charge is 0.0786 e. The Morgan fingerprint density at radius 3 is 2.29 bits per heavy atom. The van der Waals surface area contributed by atoms with Crippen LogP contribution in [-0.4, -0.2) is 41.1 Å². The Balaban J connectivity index is 2.44. The van der Waals surface area contributed by atoms with Crippen molar-refractivity contribution in [3.63, 3.8) is 0 Å². The Kier molecular flexibility index (Phi) is 3.96. The van der Waals surface area contributed by atoms with Crippen LogP contribution in [0.3, 0.4) is 0 Å². The summed E-state index contributed by atoms with van der Waals surface area (Å²) in [7, 11) is 2.24. The van der Waals surface area contributed by atoms with E-state index in [9.17, 15) is 0 Å². The standard InChI is InChI=1S/C12H26N2/c1-7-8-10(4)14-11(5)12(14)13(6)9(2)3/h9-12H,7-8H2,1-6H3. The van der Waals surface area contributed by atoms with E-state index in [0.717, 1.165) is 12.1 Å². The van der Waals surface area contributed by atoms with Gasteiger partial charge in [0.15, 0.2) is 0 Å². The van der Waals surface area contributed by atoms with Gasteiger partial charge in [0, 0.05) is 18.1 Å². The molecule has 0 aromatic rings. The average Bonchev–Trinajstić information content (AvgIpc) is 2.76. The van der Waals surface area contributed by atoms with Crippen LogP contribution < -0.4 is 0 Å². The van der Waals surface area contributed by atoms with Crippen molar-refractivity contribution in [2.45, 2.75) is 71.8 Å². The van der Waals surface area contributed by atoms with E-state index >= 15 is 0 Å². The van der Waals surface area contributed by atoms with Gasteiger partial charge in [-0.05, 0) is 41.2 Å². The molecule has 1 saturated heterocycles. The molecule has 0 aromatic heterocycles. The van der Waals surface area contributed by atoms with Crippen molar-refractivity contribution in [3.05, 3.63) is 0 Å². The van der Waals surface area contributed by atoms with Gasteiger partial charge in [0.25, 0.3) is 0 Å². The Morgan fingerprint density at radius 2 is 1.86 bits per heavy atom. The molecule has 0 radical (unpaired) electrons. The summed E-state index contributed by atoms with van der Waals surface area (Å²) < 4.78 is 0. The summed E-state index contributed by atoms with van der Waals surface area (Å²) in [6.07, 6.45) is 3.31. The third kappa shape index (κ3) is 2.29. The molecule has 0 aromatic carbocycles. The fourth-order valence-electron chi connectivity index (χ4n) is 2.44. The minimum Gasteiger partial charge on any atom is -0.287 e. The van der Waals surface area contributed by atoms with Crippen molar-refractivity contribution in [3.8, 4) is 0 Å². The molecule has 2 nitrogen and oxygen atoms in total. The highest BCUT2D eigenvalue weighted by Crippen LogP contribution is 2.35. The van der Waals surface area contributed by atoms with Crippen LogP contribution in [0, 0.1) is 0 Å². The van der Waals surface area contributed by atoms with Crippen LogP contribution in [0.2, 0.25) is 0 Å². The number of hydrogen-bond donors (Lipinski definition) is 0. The molecule has 0 N–H and O–H groups in total. The van der Waals surface area contributed by atoms with Gasteiger partial charge in [-0.25, -0.2) is 0 Å². The van der Waals surface area contributed by atoms with Gasteiger partial charge in [0.1, 0.15) is 0 Å². The quantitative estimate of drug-likeness (QED) is 0.626. The van der Waals surface area contributed by atoms with Gasteiger partial charge in [-0.2, -0.15) is 0 Å². The molecule has 1 fully saturated rings. The zero-order valence-corrected chi connectivity index (χ0v) is 10.6. The normalized spacial score (nSPS) is 33.9. The third-order valence-electron chi connectivity index (χ3n) is 3.56. The molecule has 1 rings (SSSR count). The summed E-state index contributed by atoms with van der Waals surface area (Å²) in [5.41, 5.74) is 0. The Hall–Kier alpha value is -0.0800. The predicted molar refractivity (Wildman–Crippen MR) is 62.4 cm³/mol. The lowest BCUT2D eigenvalue weighted by Gasteiger charge is -2.23. The van der Waals surface area contributed by atoms with Crippen LogP contribution in [0.15, 0.2) is 0 Å². The zero-order chi connectivity index (χ0) is 10.9. The maximum absolute atomic E-state index is 2.63. The van der Waals surface area contributed by atoms with Gasteiger partial charge in [0.2, 0.25) is 0 Å². The highest BCUT2D eigenvalue weighted by molar-refractivity contribution is 5.01. The summed E-state index contributed by atoms with van der Waals surface area (Å²) in [5.74, 6) is 0. The molecule has 1 aliphatic rings. The molecule has 1 aliphatic heterocycles. The number of rotatable bonds is 5. The second-order valence-corrected chi connectivity index (χ2v) is 5.00. The van der Waals surface area contributed by atoms with E-state index in [0.29, 0.717) is 12.2 Å². The molecular weight excluding hydrogens is 172 g/mol. The molecule has 4 atom stereocenters. The minimum atomic E-state index is 0.654. The van der Waals surface area contributed by atoms with Crippen LogP contribution in [-0.2, 0) is 0 Å². The van der Waals surface area contributed by atoms with E-state index < -0.39 is 0 Å². The van der Waals surface area contributed by atoms with Crippen molar-refractivity contribution in [2.24, 2.45) is 0 Å². The molecule has 4 unspecified atom stereocenters. The summed E-state index contributed by atoms with van der Waals surface area (Å²) in [5, 5.41) is 0. The Bertz CT molecular complexity index is 179. The highest BCUT2D eigenvalue weighted by Gasteiger charge is 2.49. The van der Waals surface area contributed by atoms with Crippen LogP contribution in [0.25, 0.3) is 0 Å². The fourth-order valence-corrected chi connectivity index (χ4v) is 2.44. The molecule has 0 spiro atoms. The van der Waals surface area contributed by atoms with E-state index in [4.69, 9.17) is 0 Å². The Morgan fingerprint density at radius 1 is 1.29 bits per heavy atom. The minimum absolute atomic E-state index is 0.654. The first-order valence-corrected chi connectivity index (χ1v) is 6.00. The molecule has 0 aliphatic carbocycles. The van der Waals surface area contributed by atoms with Gasteiger partial charge in [-0.1, -0.05) is 13.3 Å². The van der Waals surface area contributed by atoms with Crippen molar-refractivity contribution in [1.82, 2.24) is 9.80 Å².